The predicted molar refractivity (Wildman–Crippen MR) is 98.0 cm³/mol. The fourth-order valence-corrected chi connectivity index (χ4v) is 3.81. The topological polar surface area (TPSA) is 86.7 Å². The largest absolute Gasteiger partial charge is 0.481 e. The molecule has 0 saturated carbocycles. The van der Waals surface area contributed by atoms with Crippen molar-refractivity contribution >= 4 is 35.1 Å². The van der Waals surface area contributed by atoms with Gasteiger partial charge in [0.05, 0.1) is 22.5 Å². The van der Waals surface area contributed by atoms with E-state index in [0.29, 0.717) is 36.5 Å². The Kier molecular flexibility index (Phi) is 5.61. The van der Waals surface area contributed by atoms with Crippen LogP contribution in [0.3, 0.4) is 0 Å². The second-order valence-electron chi connectivity index (χ2n) is 6.64. The Morgan fingerprint density at radius 1 is 1.15 bits per heavy atom. The molecule has 1 aliphatic heterocycles. The molecule has 3 rings (SSSR count). The summed E-state index contributed by atoms with van der Waals surface area (Å²) in [6.07, 6.45) is 5.58. The number of amides is 2. The molecule has 138 valence electrons. The minimum Gasteiger partial charge on any atom is -0.481 e. The van der Waals surface area contributed by atoms with E-state index >= 15 is 0 Å². The Labute approximate surface area is 156 Å². The highest BCUT2D eigenvalue weighted by Gasteiger charge is 2.37. The third kappa shape index (κ3) is 3.75. The molecule has 3 atom stereocenters. The minimum atomic E-state index is -0.984. The Morgan fingerprint density at radius 2 is 1.85 bits per heavy atom. The summed E-state index contributed by atoms with van der Waals surface area (Å²) < 4.78 is 0. The number of carbonyl (C=O) groups excluding carboxylic acids is 2. The molecule has 0 radical (unpaired) electrons. The lowest BCUT2D eigenvalue weighted by Crippen LogP contribution is -2.54. The van der Waals surface area contributed by atoms with Crippen LogP contribution in [0.5, 0.6) is 0 Å². The van der Waals surface area contributed by atoms with E-state index in [1.165, 1.54) is 0 Å². The van der Waals surface area contributed by atoms with Crippen LogP contribution in [-0.4, -0.2) is 35.5 Å². The van der Waals surface area contributed by atoms with Crippen LogP contribution >= 0.6 is 11.6 Å². The average molecular weight is 377 g/mol. The molecule has 1 aromatic carbocycles. The van der Waals surface area contributed by atoms with E-state index in [2.05, 4.69) is 5.32 Å². The number of piperidine rings is 1. The van der Waals surface area contributed by atoms with Crippen LogP contribution in [0.15, 0.2) is 36.4 Å². The fourth-order valence-electron chi connectivity index (χ4n) is 3.57. The number of carbonyl (C=O) groups is 3. The number of nitrogens with one attached hydrogen (secondary N) is 1. The molecule has 0 aromatic heterocycles. The van der Waals surface area contributed by atoms with Crippen molar-refractivity contribution in [1.29, 1.82) is 0 Å². The van der Waals surface area contributed by atoms with E-state index in [0.717, 1.165) is 6.42 Å². The molecule has 26 heavy (non-hydrogen) atoms. The van der Waals surface area contributed by atoms with Crippen LogP contribution in [0.1, 0.15) is 25.7 Å². The number of hydrogen-bond donors (Lipinski definition) is 2. The maximum Gasteiger partial charge on any atom is 0.307 e. The van der Waals surface area contributed by atoms with Crippen molar-refractivity contribution in [2.24, 2.45) is 11.8 Å². The molecule has 0 bridgehead atoms. The van der Waals surface area contributed by atoms with Crippen molar-refractivity contribution in [3.8, 4) is 0 Å². The highest BCUT2D eigenvalue weighted by molar-refractivity contribution is 6.33. The molecule has 1 fully saturated rings. The number of allylic oxidation sites excluding steroid dienone is 2. The molecular weight excluding hydrogens is 356 g/mol. The molecule has 2 N–H and O–H groups in total. The van der Waals surface area contributed by atoms with E-state index < -0.39 is 23.8 Å². The molecule has 1 aromatic rings. The first-order valence-corrected chi connectivity index (χ1v) is 9.11. The third-order valence-corrected chi connectivity index (χ3v) is 5.30. The van der Waals surface area contributed by atoms with E-state index in [1.807, 2.05) is 12.1 Å². The van der Waals surface area contributed by atoms with Gasteiger partial charge in [-0.2, -0.15) is 0 Å². The Morgan fingerprint density at radius 3 is 2.54 bits per heavy atom. The van der Waals surface area contributed by atoms with E-state index in [9.17, 15) is 19.5 Å². The van der Waals surface area contributed by atoms with Gasteiger partial charge in [-0.1, -0.05) is 35.9 Å². The fraction of sp³-hybridized carbons (Fsp3) is 0.421. The summed E-state index contributed by atoms with van der Waals surface area (Å²) in [5, 5.41) is 12.6. The van der Waals surface area contributed by atoms with Gasteiger partial charge in [-0.25, -0.2) is 0 Å². The monoisotopic (exact) mass is 376 g/mol. The smallest absolute Gasteiger partial charge is 0.307 e. The number of para-hydroxylation sites is 1. The van der Waals surface area contributed by atoms with Crippen molar-refractivity contribution in [3.63, 3.8) is 0 Å². The minimum absolute atomic E-state index is 0.212. The van der Waals surface area contributed by atoms with Crippen LogP contribution in [0, 0.1) is 11.8 Å². The molecule has 2 amide bonds. The average Bonchev–Trinajstić information content (AvgIpc) is 2.64. The van der Waals surface area contributed by atoms with Gasteiger partial charge in [0.2, 0.25) is 11.8 Å². The van der Waals surface area contributed by atoms with Crippen molar-refractivity contribution < 1.29 is 19.5 Å². The van der Waals surface area contributed by atoms with E-state index in [4.69, 9.17) is 11.6 Å². The van der Waals surface area contributed by atoms with Gasteiger partial charge < -0.3 is 15.3 Å². The zero-order valence-electron chi connectivity index (χ0n) is 14.2. The molecule has 1 heterocycles. The number of halogens is 1. The lowest BCUT2D eigenvalue weighted by atomic mass is 9.82. The third-order valence-electron chi connectivity index (χ3n) is 4.98. The number of anilines is 1. The first-order chi connectivity index (χ1) is 12.5. The summed E-state index contributed by atoms with van der Waals surface area (Å²) in [6.45, 7) is 0.541. The Bertz CT molecular complexity index is 749. The quantitative estimate of drug-likeness (QED) is 0.791. The molecular formula is C19H21ClN2O4. The zero-order chi connectivity index (χ0) is 18.7. The van der Waals surface area contributed by atoms with Gasteiger partial charge in [-0.15, -0.1) is 0 Å². The summed E-state index contributed by atoms with van der Waals surface area (Å²) in [7, 11) is 0. The molecule has 0 spiro atoms. The number of aliphatic carboxylic acids is 1. The van der Waals surface area contributed by atoms with Gasteiger partial charge >= 0.3 is 5.97 Å². The molecule has 1 aliphatic carbocycles. The predicted octanol–water partition coefficient (Wildman–Crippen LogP) is 2.62. The summed E-state index contributed by atoms with van der Waals surface area (Å²) in [4.78, 5) is 38.5. The number of benzene rings is 1. The summed E-state index contributed by atoms with van der Waals surface area (Å²) in [5.41, 5.74) is 0.627. The van der Waals surface area contributed by atoms with Gasteiger partial charge in [0.25, 0.3) is 0 Å². The van der Waals surface area contributed by atoms with Crippen molar-refractivity contribution in [2.45, 2.75) is 31.7 Å². The number of carboxylic acid groups (broad SMARTS) is 1. The van der Waals surface area contributed by atoms with Crippen LogP contribution < -0.4 is 10.2 Å². The van der Waals surface area contributed by atoms with Crippen LogP contribution in [0.25, 0.3) is 0 Å². The van der Waals surface area contributed by atoms with Crippen LogP contribution in [0.2, 0.25) is 5.02 Å². The lowest BCUT2D eigenvalue weighted by Gasteiger charge is -2.34. The van der Waals surface area contributed by atoms with E-state index in [1.54, 1.807) is 29.2 Å². The van der Waals surface area contributed by atoms with Gasteiger partial charge in [0, 0.05) is 6.54 Å². The highest BCUT2D eigenvalue weighted by atomic mass is 35.5. The van der Waals surface area contributed by atoms with Gasteiger partial charge in [-0.3, -0.25) is 14.4 Å². The number of carboxylic acids is 1. The second kappa shape index (κ2) is 7.91. The maximum absolute atomic E-state index is 12.8. The summed E-state index contributed by atoms with van der Waals surface area (Å²) >= 11 is 6.20. The van der Waals surface area contributed by atoms with E-state index in [-0.39, 0.29) is 11.8 Å². The Balaban J connectivity index is 1.72. The van der Waals surface area contributed by atoms with Gasteiger partial charge in [0.15, 0.2) is 0 Å². The first-order valence-electron chi connectivity index (χ1n) is 8.73. The Hall–Kier alpha value is -2.34. The first kappa shape index (κ1) is 18.5. The molecule has 1 saturated heterocycles. The lowest BCUT2D eigenvalue weighted by molar-refractivity contribution is -0.147. The van der Waals surface area contributed by atoms with Crippen LogP contribution in [0.4, 0.5) is 5.69 Å². The van der Waals surface area contributed by atoms with Crippen molar-refractivity contribution in [2.75, 3.05) is 11.4 Å². The zero-order valence-corrected chi connectivity index (χ0v) is 15.0. The standard InChI is InChI=1S/C19H21ClN2O4/c20-14-8-3-4-10-16(14)22-11-5-9-15(18(22)24)21-17(23)12-6-1-2-7-13(12)19(25)26/h1-4,8,10,12-13,15H,5-7,9,11H2,(H,21,23)(H,25,26)/t12-,13+,15+/m1/s1. The van der Waals surface area contributed by atoms with Gasteiger partial charge in [-0.05, 0) is 37.8 Å². The molecule has 7 heteroatoms. The van der Waals surface area contributed by atoms with Crippen molar-refractivity contribution in [1.82, 2.24) is 5.32 Å². The highest BCUT2D eigenvalue weighted by Crippen LogP contribution is 2.30. The maximum atomic E-state index is 12.8. The van der Waals surface area contributed by atoms with Crippen molar-refractivity contribution in [3.05, 3.63) is 41.4 Å². The molecule has 0 unspecified atom stereocenters. The normalized spacial score (nSPS) is 25.8. The molecule has 6 nitrogen and oxygen atoms in total. The number of rotatable bonds is 4. The van der Waals surface area contributed by atoms with Gasteiger partial charge in [0.1, 0.15) is 6.04 Å². The SMILES string of the molecule is O=C(O)[C@H]1CC=CC[C@H]1C(=O)N[C@H]1CCCN(c2ccccc2Cl)C1=O. The number of hydrogen-bond acceptors (Lipinski definition) is 3. The number of nitrogens with zero attached hydrogens (tertiary/aromatic N) is 1. The van der Waals surface area contributed by atoms with Crippen LogP contribution in [-0.2, 0) is 14.4 Å². The molecule has 2 aliphatic rings. The second-order valence-corrected chi connectivity index (χ2v) is 7.05. The summed E-state index contributed by atoms with van der Waals surface area (Å²) in [5.74, 6) is -2.97. The summed E-state index contributed by atoms with van der Waals surface area (Å²) in [6, 6.07) is 6.44.